The molecule has 2 aromatic carbocycles. The molecule has 120 valence electrons. The molecule has 0 atom stereocenters. The zero-order chi connectivity index (χ0) is 16.8. The minimum Gasteiger partial charge on any atom is -0.495 e. The molecule has 0 bridgehead atoms. The van der Waals surface area contributed by atoms with Gasteiger partial charge in [-0.25, -0.2) is 0 Å². The van der Waals surface area contributed by atoms with Crippen LogP contribution < -0.4 is 15.4 Å². The molecule has 2 rings (SSSR count). The Morgan fingerprint density at radius 1 is 1.09 bits per heavy atom. The van der Waals surface area contributed by atoms with Gasteiger partial charge in [0.1, 0.15) is 5.75 Å². The number of anilines is 2. The first-order valence-corrected chi connectivity index (χ1v) is 7.29. The Kier molecular flexibility index (Phi) is 5.36. The lowest BCUT2D eigenvalue weighted by molar-refractivity contribution is -0.114. The van der Waals surface area contributed by atoms with E-state index in [2.05, 4.69) is 10.6 Å². The molecule has 2 N–H and O–H groups in total. The molecule has 0 heterocycles. The van der Waals surface area contributed by atoms with E-state index in [-0.39, 0.29) is 18.2 Å². The fourth-order valence-electron chi connectivity index (χ4n) is 2.23. The molecule has 5 nitrogen and oxygen atoms in total. The molecule has 2 aromatic rings. The summed E-state index contributed by atoms with van der Waals surface area (Å²) in [5, 5.41) is 5.80. The number of rotatable bonds is 6. The third-order valence-electron chi connectivity index (χ3n) is 3.37. The summed E-state index contributed by atoms with van der Waals surface area (Å²) >= 11 is 0. The average molecular weight is 312 g/mol. The molecule has 0 aromatic heterocycles. The quantitative estimate of drug-likeness (QED) is 0.803. The molecular weight excluding hydrogens is 292 g/mol. The van der Waals surface area contributed by atoms with Gasteiger partial charge in [0.15, 0.2) is 5.78 Å². The second-order valence-electron chi connectivity index (χ2n) is 5.21. The second kappa shape index (κ2) is 7.45. The van der Waals surface area contributed by atoms with Crippen molar-refractivity contribution in [1.29, 1.82) is 0 Å². The first-order valence-electron chi connectivity index (χ1n) is 7.29. The Morgan fingerprint density at radius 3 is 2.52 bits per heavy atom. The van der Waals surface area contributed by atoms with Crippen molar-refractivity contribution in [3.8, 4) is 5.75 Å². The molecule has 5 heteroatoms. The van der Waals surface area contributed by atoms with Gasteiger partial charge in [0.2, 0.25) is 5.91 Å². The minimum absolute atomic E-state index is 0.0754. The van der Waals surface area contributed by atoms with Gasteiger partial charge < -0.3 is 15.4 Å². The summed E-state index contributed by atoms with van der Waals surface area (Å²) in [6.07, 6.45) is 0. The molecular formula is C18H20N2O3. The van der Waals surface area contributed by atoms with Crippen LogP contribution in [0.2, 0.25) is 0 Å². The SMILES string of the molecule is COc1ccc(C)cc1NCC(=O)Nc1ccccc1C(C)=O. The predicted molar refractivity (Wildman–Crippen MR) is 91.3 cm³/mol. The summed E-state index contributed by atoms with van der Waals surface area (Å²) < 4.78 is 5.26. The number of benzene rings is 2. The Morgan fingerprint density at radius 2 is 1.83 bits per heavy atom. The third kappa shape index (κ3) is 4.32. The first-order chi connectivity index (χ1) is 11.0. The summed E-state index contributed by atoms with van der Waals surface area (Å²) in [6.45, 7) is 3.51. The Hall–Kier alpha value is -2.82. The van der Waals surface area contributed by atoms with Crippen molar-refractivity contribution in [3.63, 3.8) is 0 Å². The number of hydrogen-bond donors (Lipinski definition) is 2. The highest BCUT2D eigenvalue weighted by Gasteiger charge is 2.10. The van der Waals surface area contributed by atoms with Gasteiger partial charge in [-0.2, -0.15) is 0 Å². The van der Waals surface area contributed by atoms with Crippen LogP contribution in [-0.2, 0) is 4.79 Å². The van der Waals surface area contributed by atoms with Gasteiger partial charge in [-0.3, -0.25) is 9.59 Å². The van der Waals surface area contributed by atoms with Crippen LogP contribution in [0.1, 0.15) is 22.8 Å². The Bertz CT molecular complexity index is 726. The zero-order valence-corrected chi connectivity index (χ0v) is 13.5. The van der Waals surface area contributed by atoms with Gasteiger partial charge in [0.25, 0.3) is 0 Å². The number of para-hydroxylation sites is 1. The molecule has 0 aliphatic rings. The molecule has 0 aliphatic carbocycles. The van der Waals surface area contributed by atoms with E-state index in [1.54, 1.807) is 31.4 Å². The summed E-state index contributed by atoms with van der Waals surface area (Å²) in [4.78, 5) is 23.7. The number of amides is 1. The maximum Gasteiger partial charge on any atom is 0.243 e. The number of methoxy groups -OCH3 is 1. The summed E-state index contributed by atoms with van der Waals surface area (Å²) in [7, 11) is 1.58. The first kappa shape index (κ1) is 16.5. The van der Waals surface area contributed by atoms with Crippen molar-refractivity contribution in [1.82, 2.24) is 0 Å². The molecule has 0 unspecified atom stereocenters. The molecule has 0 aliphatic heterocycles. The maximum atomic E-state index is 12.1. The predicted octanol–water partition coefficient (Wildman–Crippen LogP) is 3.26. The van der Waals surface area contributed by atoms with Gasteiger partial charge >= 0.3 is 0 Å². The van der Waals surface area contributed by atoms with Crippen LogP contribution in [0, 0.1) is 6.92 Å². The number of Topliss-reactive ketones (excluding diaryl/α,β-unsaturated/α-hetero) is 1. The Labute approximate surface area is 135 Å². The van der Waals surface area contributed by atoms with E-state index in [0.717, 1.165) is 11.3 Å². The van der Waals surface area contributed by atoms with Crippen LogP contribution in [-0.4, -0.2) is 25.3 Å². The second-order valence-corrected chi connectivity index (χ2v) is 5.21. The highest BCUT2D eigenvalue weighted by Crippen LogP contribution is 2.25. The lowest BCUT2D eigenvalue weighted by atomic mass is 10.1. The topological polar surface area (TPSA) is 67.4 Å². The van der Waals surface area contributed by atoms with E-state index in [1.165, 1.54) is 6.92 Å². The summed E-state index contributed by atoms with van der Waals surface area (Å²) in [6, 6.07) is 12.6. The number of ketones is 1. The fraction of sp³-hybridized carbons (Fsp3) is 0.222. The largest absolute Gasteiger partial charge is 0.495 e. The number of nitrogens with one attached hydrogen (secondary N) is 2. The maximum absolute atomic E-state index is 12.1. The van der Waals surface area contributed by atoms with Crippen molar-refractivity contribution in [2.45, 2.75) is 13.8 Å². The van der Waals surface area contributed by atoms with E-state index < -0.39 is 0 Å². The lowest BCUT2D eigenvalue weighted by Gasteiger charge is -2.13. The van der Waals surface area contributed by atoms with Crippen LogP contribution >= 0.6 is 0 Å². The molecule has 0 radical (unpaired) electrons. The summed E-state index contributed by atoms with van der Waals surface area (Å²) in [5.41, 5.74) is 2.83. The van der Waals surface area contributed by atoms with Crippen molar-refractivity contribution in [3.05, 3.63) is 53.6 Å². The lowest BCUT2D eigenvalue weighted by Crippen LogP contribution is -2.23. The number of ether oxygens (including phenoxy) is 1. The van der Waals surface area contributed by atoms with Gasteiger partial charge in [0, 0.05) is 5.56 Å². The highest BCUT2D eigenvalue weighted by atomic mass is 16.5. The molecule has 1 amide bonds. The number of aryl methyl sites for hydroxylation is 1. The van der Waals surface area contributed by atoms with Crippen LogP contribution in [0.3, 0.4) is 0 Å². The van der Waals surface area contributed by atoms with Crippen molar-refractivity contribution >= 4 is 23.1 Å². The molecule has 0 fully saturated rings. The molecule has 0 saturated carbocycles. The summed E-state index contributed by atoms with van der Waals surface area (Å²) in [5.74, 6) is 0.351. The highest BCUT2D eigenvalue weighted by molar-refractivity contribution is 6.04. The zero-order valence-electron chi connectivity index (χ0n) is 13.5. The average Bonchev–Trinajstić information content (AvgIpc) is 2.53. The van der Waals surface area contributed by atoms with E-state index in [1.807, 2.05) is 25.1 Å². The van der Waals surface area contributed by atoms with Crippen LogP contribution in [0.15, 0.2) is 42.5 Å². The van der Waals surface area contributed by atoms with Gasteiger partial charge in [-0.05, 0) is 43.7 Å². The van der Waals surface area contributed by atoms with E-state index >= 15 is 0 Å². The van der Waals surface area contributed by atoms with Crippen LogP contribution in [0.5, 0.6) is 5.75 Å². The van der Waals surface area contributed by atoms with Crippen molar-refractivity contribution in [2.24, 2.45) is 0 Å². The fourth-order valence-corrected chi connectivity index (χ4v) is 2.23. The van der Waals surface area contributed by atoms with Gasteiger partial charge in [0.05, 0.1) is 25.0 Å². The smallest absolute Gasteiger partial charge is 0.243 e. The number of carbonyl (C=O) groups excluding carboxylic acids is 2. The van der Waals surface area contributed by atoms with Gasteiger partial charge in [-0.1, -0.05) is 18.2 Å². The standard InChI is InChI=1S/C18H20N2O3/c1-12-8-9-17(23-3)16(10-12)19-11-18(22)20-15-7-5-4-6-14(15)13(2)21/h4-10,19H,11H2,1-3H3,(H,20,22). The molecule has 0 spiro atoms. The number of carbonyl (C=O) groups is 2. The van der Waals surface area contributed by atoms with E-state index in [9.17, 15) is 9.59 Å². The normalized spacial score (nSPS) is 10.0. The Balaban J connectivity index is 2.04. The van der Waals surface area contributed by atoms with E-state index in [4.69, 9.17) is 4.74 Å². The number of hydrogen-bond acceptors (Lipinski definition) is 4. The van der Waals surface area contributed by atoms with Crippen molar-refractivity contribution in [2.75, 3.05) is 24.3 Å². The van der Waals surface area contributed by atoms with E-state index in [0.29, 0.717) is 17.0 Å². The minimum atomic E-state index is -0.234. The van der Waals surface area contributed by atoms with Crippen LogP contribution in [0.25, 0.3) is 0 Å². The monoisotopic (exact) mass is 312 g/mol. The van der Waals surface area contributed by atoms with Crippen LogP contribution in [0.4, 0.5) is 11.4 Å². The third-order valence-corrected chi connectivity index (χ3v) is 3.37. The van der Waals surface area contributed by atoms with Crippen molar-refractivity contribution < 1.29 is 14.3 Å². The molecule has 0 saturated heterocycles. The molecule has 23 heavy (non-hydrogen) atoms. The van der Waals surface area contributed by atoms with Gasteiger partial charge in [-0.15, -0.1) is 0 Å².